The molecule has 1 aromatic carbocycles. The van der Waals surface area contributed by atoms with Crippen LogP contribution in [0.2, 0.25) is 0 Å². The lowest BCUT2D eigenvalue weighted by Gasteiger charge is -2.39. The van der Waals surface area contributed by atoms with E-state index in [0.717, 1.165) is 11.8 Å². The van der Waals surface area contributed by atoms with Gasteiger partial charge in [-0.05, 0) is 38.5 Å². The Hall–Kier alpha value is -2.04. The summed E-state index contributed by atoms with van der Waals surface area (Å²) in [6.45, 7) is 5.42. The molecular formula is C15H21NO4. The monoisotopic (exact) mass is 279 g/mol. The first-order valence-electron chi connectivity index (χ1n) is 6.41. The first-order chi connectivity index (χ1) is 9.31. The lowest BCUT2D eigenvalue weighted by atomic mass is 9.96. The smallest absolute Gasteiger partial charge is 0.408 e. The third kappa shape index (κ3) is 3.73. The van der Waals surface area contributed by atoms with Gasteiger partial charge in [-0.1, -0.05) is 12.1 Å². The molecule has 0 saturated heterocycles. The number of carboxylic acid groups (broad SMARTS) is 1. The molecule has 5 heteroatoms. The van der Waals surface area contributed by atoms with Gasteiger partial charge in [0, 0.05) is 12.0 Å². The summed E-state index contributed by atoms with van der Waals surface area (Å²) in [5.74, 6) is 0.691. The summed E-state index contributed by atoms with van der Waals surface area (Å²) in [7, 11) is 1.57. The lowest BCUT2D eigenvalue weighted by molar-refractivity contribution is -0.109. The summed E-state index contributed by atoms with van der Waals surface area (Å²) < 4.78 is 5.08. The molecule has 0 saturated carbocycles. The third-order valence-corrected chi connectivity index (χ3v) is 3.06. The summed E-state index contributed by atoms with van der Waals surface area (Å²) in [4.78, 5) is 23.8. The summed E-state index contributed by atoms with van der Waals surface area (Å²) in [6.07, 6.45) is -0.174. The number of aldehydes is 1. The van der Waals surface area contributed by atoms with Crippen molar-refractivity contribution in [2.45, 2.75) is 38.8 Å². The van der Waals surface area contributed by atoms with Crippen molar-refractivity contribution < 1.29 is 19.4 Å². The standard InChI is InChI=1S/C15H21NO4/c1-15(2,3)16(14(18)19)13(9-10-17)11-5-7-12(20-4)8-6-11/h5-8,10,13H,9H2,1-4H3,(H,18,19). The molecule has 5 nitrogen and oxygen atoms in total. The Morgan fingerprint density at radius 2 is 1.90 bits per heavy atom. The quantitative estimate of drug-likeness (QED) is 0.841. The van der Waals surface area contributed by atoms with Gasteiger partial charge in [-0.15, -0.1) is 0 Å². The number of carbonyl (C=O) groups is 2. The number of hydrogen-bond acceptors (Lipinski definition) is 3. The molecular weight excluding hydrogens is 258 g/mol. The Kier molecular flexibility index (Phi) is 5.13. The molecule has 0 heterocycles. The first-order valence-corrected chi connectivity index (χ1v) is 6.41. The largest absolute Gasteiger partial charge is 0.497 e. The van der Waals surface area contributed by atoms with Crippen LogP contribution >= 0.6 is 0 Å². The summed E-state index contributed by atoms with van der Waals surface area (Å²) >= 11 is 0. The zero-order chi connectivity index (χ0) is 15.3. The van der Waals surface area contributed by atoms with Crippen LogP contribution in [0.25, 0.3) is 0 Å². The summed E-state index contributed by atoms with van der Waals surface area (Å²) in [5, 5.41) is 9.45. The average Bonchev–Trinajstić information content (AvgIpc) is 2.36. The number of methoxy groups -OCH3 is 1. The van der Waals surface area contributed by atoms with Crippen molar-refractivity contribution in [3.63, 3.8) is 0 Å². The van der Waals surface area contributed by atoms with Crippen LogP contribution in [-0.2, 0) is 4.79 Å². The minimum Gasteiger partial charge on any atom is -0.497 e. The second kappa shape index (κ2) is 6.41. The van der Waals surface area contributed by atoms with Crippen LogP contribution in [0.15, 0.2) is 24.3 Å². The Morgan fingerprint density at radius 1 is 1.35 bits per heavy atom. The minimum atomic E-state index is -1.04. The van der Waals surface area contributed by atoms with Gasteiger partial charge >= 0.3 is 6.09 Å². The van der Waals surface area contributed by atoms with E-state index in [2.05, 4.69) is 0 Å². The van der Waals surface area contributed by atoms with Gasteiger partial charge in [0.25, 0.3) is 0 Å². The van der Waals surface area contributed by atoms with Crippen LogP contribution in [-0.4, -0.2) is 35.0 Å². The van der Waals surface area contributed by atoms with Gasteiger partial charge < -0.3 is 14.6 Å². The molecule has 20 heavy (non-hydrogen) atoms. The van der Waals surface area contributed by atoms with Crippen molar-refractivity contribution in [3.8, 4) is 5.75 Å². The average molecular weight is 279 g/mol. The molecule has 0 radical (unpaired) electrons. The lowest BCUT2D eigenvalue weighted by Crippen LogP contribution is -2.47. The summed E-state index contributed by atoms with van der Waals surface area (Å²) in [5.41, 5.74) is 0.176. The molecule has 0 aliphatic carbocycles. The second-order valence-electron chi connectivity index (χ2n) is 5.51. The van der Waals surface area contributed by atoms with Gasteiger partial charge in [0.1, 0.15) is 12.0 Å². The topological polar surface area (TPSA) is 66.8 Å². The van der Waals surface area contributed by atoms with Gasteiger partial charge in [0.15, 0.2) is 0 Å². The Morgan fingerprint density at radius 3 is 2.25 bits per heavy atom. The zero-order valence-electron chi connectivity index (χ0n) is 12.3. The van der Waals surface area contributed by atoms with E-state index in [4.69, 9.17) is 4.74 Å². The fraction of sp³-hybridized carbons (Fsp3) is 0.467. The number of rotatable bonds is 5. The minimum absolute atomic E-state index is 0.121. The molecule has 1 amide bonds. The van der Waals surface area contributed by atoms with E-state index >= 15 is 0 Å². The highest BCUT2D eigenvalue weighted by Crippen LogP contribution is 2.31. The van der Waals surface area contributed by atoms with Crippen LogP contribution in [0, 0.1) is 0 Å². The highest BCUT2D eigenvalue weighted by molar-refractivity contribution is 5.68. The molecule has 0 bridgehead atoms. The molecule has 110 valence electrons. The summed E-state index contributed by atoms with van der Waals surface area (Å²) in [6, 6.07) is 6.59. The van der Waals surface area contributed by atoms with E-state index in [-0.39, 0.29) is 6.42 Å². The fourth-order valence-corrected chi connectivity index (χ4v) is 2.20. The zero-order valence-corrected chi connectivity index (χ0v) is 12.3. The van der Waals surface area contributed by atoms with Crippen molar-refractivity contribution in [1.29, 1.82) is 0 Å². The van der Waals surface area contributed by atoms with E-state index in [0.29, 0.717) is 5.75 Å². The van der Waals surface area contributed by atoms with Crippen molar-refractivity contribution in [3.05, 3.63) is 29.8 Å². The van der Waals surface area contributed by atoms with Crippen molar-refractivity contribution in [2.24, 2.45) is 0 Å². The van der Waals surface area contributed by atoms with E-state index < -0.39 is 17.7 Å². The molecule has 1 rings (SSSR count). The number of ether oxygens (including phenoxy) is 1. The first kappa shape index (κ1) is 16.0. The molecule has 1 atom stereocenters. The SMILES string of the molecule is COc1ccc(C(CC=O)N(C(=O)O)C(C)(C)C)cc1. The van der Waals surface area contributed by atoms with E-state index in [9.17, 15) is 14.7 Å². The molecule has 0 aliphatic heterocycles. The van der Waals surface area contributed by atoms with E-state index in [1.165, 1.54) is 4.90 Å². The van der Waals surface area contributed by atoms with Gasteiger partial charge in [0.05, 0.1) is 13.2 Å². The number of benzene rings is 1. The molecule has 1 aromatic rings. The normalized spacial score (nSPS) is 12.6. The van der Waals surface area contributed by atoms with Crippen LogP contribution in [0.4, 0.5) is 4.79 Å². The maximum atomic E-state index is 11.5. The Bertz CT molecular complexity index is 462. The number of carbonyl (C=O) groups excluding carboxylic acids is 1. The van der Waals surface area contributed by atoms with Crippen molar-refractivity contribution in [1.82, 2.24) is 4.90 Å². The fourth-order valence-electron chi connectivity index (χ4n) is 2.20. The van der Waals surface area contributed by atoms with Crippen molar-refractivity contribution in [2.75, 3.05) is 7.11 Å². The Labute approximate surface area is 119 Å². The van der Waals surface area contributed by atoms with Gasteiger partial charge in [-0.25, -0.2) is 4.79 Å². The van der Waals surface area contributed by atoms with E-state index in [1.807, 2.05) is 20.8 Å². The molecule has 0 fully saturated rings. The number of amides is 1. The van der Waals surface area contributed by atoms with Crippen LogP contribution < -0.4 is 4.74 Å². The van der Waals surface area contributed by atoms with Gasteiger partial charge in [0.2, 0.25) is 0 Å². The number of nitrogens with zero attached hydrogens (tertiary/aromatic N) is 1. The maximum absolute atomic E-state index is 11.5. The highest BCUT2D eigenvalue weighted by Gasteiger charge is 2.33. The second-order valence-corrected chi connectivity index (χ2v) is 5.51. The molecule has 0 aromatic heterocycles. The molecule has 1 unspecified atom stereocenters. The number of hydrogen-bond donors (Lipinski definition) is 1. The molecule has 0 aliphatic rings. The predicted octanol–water partition coefficient (Wildman–Crippen LogP) is 3.10. The van der Waals surface area contributed by atoms with Gasteiger partial charge in [-0.2, -0.15) is 0 Å². The maximum Gasteiger partial charge on any atom is 0.408 e. The van der Waals surface area contributed by atoms with Crippen LogP contribution in [0.1, 0.15) is 38.8 Å². The van der Waals surface area contributed by atoms with Crippen LogP contribution in [0.5, 0.6) is 5.75 Å². The highest BCUT2D eigenvalue weighted by atomic mass is 16.5. The van der Waals surface area contributed by atoms with Gasteiger partial charge in [-0.3, -0.25) is 4.90 Å². The molecule has 0 spiro atoms. The molecule has 1 N–H and O–H groups in total. The van der Waals surface area contributed by atoms with Crippen molar-refractivity contribution >= 4 is 12.4 Å². The van der Waals surface area contributed by atoms with E-state index in [1.54, 1.807) is 31.4 Å². The third-order valence-electron chi connectivity index (χ3n) is 3.06. The Balaban J connectivity index is 3.19. The predicted molar refractivity (Wildman–Crippen MR) is 76.0 cm³/mol. The van der Waals surface area contributed by atoms with Crippen LogP contribution in [0.3, 0.4) is 0 Å².